The molecule has 1 fully saturated rings. The highest BCUT2D eigenvalue weighted by molar-refractivity contribution is 6.30. The van der Waals surface area contributed by atoms with Crippen LogP contribution in [0.4, 0.5) is 4.39 Å². The normalized spacial score (nSPS) is 17.4. The molecule has 2 nitrogen and oxygen atoms in total. The van der Waals surface area contributed by atoms with E-state index in [1.165, 1.54) is 25.0 Å². The van der Waals surface area contributed by atoms with Gasteiger partial charge in [0.2, 0.25) is 0 Å². The van der Waals surface area contributed by atoms with Crippen molar-refractivity contribution >= 4 is 11.6 Å². The quantitative estimate of drug-likeness (QED) is 0.833. The lowest BCUT2D eigenvalue weighted by Crippen LogP contribution is -2.26. The summed E-state index contributed by atoms with van der Waals surface area (Å²) in [5.41, 5.74) is 0.741. The fraction of sp³-hybridized carbons (Fsp3) is 0.500. The average Bonchev–Trinajstić information content (AvgIpc) is 3.08. The molecule has 1 unspecified atom stereocenters. The summed E-state index contributed by atoms with van der Waals surface area (Å²) in [6.07, 6.45) is 2.50. The summed E-state index contributed by atoms with van der Waals surface area (Å²) in [7, 11) is 0. The van der Waals surface area contributed by atoms with Gasteiger partial charge in [0.05, 0.1) is 17.7 Å². The molecule has 1 saturated carbocycles. The summed E-state index contributed by atoms with van der Waals surface area (Å²) < 4.78 is 13.2. The molecule has 0 spiro atoms. The second kappa shape index (κ2) is 5.13. The van der Waals surface area contributed by atoms with Gasteiger partial charge in [-0.3, -0.25) is 0 Å². The molecule has 4 heteroatoms. The molecular weight excluding hydrogens is 229 g/mol. The van der Waals surface area contributed by atoms with Crippen molar-refractivity contribution < 1.29 is 9.50 Å². The summed E-state index contributed by atoms with van der Waals surface area (Å²) in [5, 5.41) is 12.6. The summed E-state index contributed by atoms with van der Waals surface area (Å²) in [5.74, 6) is 0.289. The van der Waals surface area contributed by atoms with Gasteiger partial charge >= 0.3 is 0 Å². The molecule has 16 heavy (non-hydrogen) atoms. The smallest absolute Gasteiger partial charge is 0.142 e. The molecular formula is C12H15ClFNO. The van der Waals surface area contributed by atoms with Crippen LogP contribution in [0.3, 0.4) is 0 Å². The Morgan fingerprint density at radius 3 is 2.81 bits per heavy atom. The van der Waals surface area contributed by atoms with Crippen molar-refractivity contribution in [2.45, 2.75) is 18.9 Å². The number of hydrogen-bond acceptors (Lipinski definition) is 2. The minimum atomic E-state index is -0.439. The van der Waals surface area contributed by atoms with Crippen LogP contribution >= 0.6 is 11.6 Å². The van der Waals surface area contributed by atoms with Crippen molar-refractivity contribution in [1.82, 2.24) is 5.32 Å². The first kappa shape index (κ1) is 11.8. The van der Waals surface area contributed by atoms with Crippen LogP contribution in [0.5, 0.6) is 0 Å². The number of rotatable bonds is 5. The SMILES string of the molecule is OCC(NCC1CC1)c1ccc(Cl)c(F)c1. The maximum absolute atomic E-state index is 13.2. The number of aliphatic hydroxyl groups excluding tert-OH is 1. The molecule has 0 heterocycles. The van der Waals surface area contributed by atoms with Gasteiger partial charge in [0, 0.05) is 0 Å². The fourth-order valence-electron chi connectivity index (χ4n) is 1.65. The van der Waals surface area contributed by atoms with E-state index in [1.807, 2.05) is 0 Å². The zero-order valence-corrected chi connectivity index (χ0v) is 9.67. The average molecular weight is 244 g/mol. The van der Waals surface area contributed by atoms with Crippen LogP contribution in [0.2, 0.25) is 5.02 Å². The maximum atomic E-state index is 13.2. The molecule has 1 aliphatic carbocycles. The van der Waals surface area contributed by atoms with Crippen molar-refractivity contribution in [3.05, 3.63) is 34.6 Å². The van der Waals surface area contributed by atoms with Crippen LogP contribution in [-0.2, 0) is 0 Å². The Bertz CT molecular complexity index is 368. The molecule has 1 aromatic rings. The molecule has 0 aliphatic heterocycles. The minimum Gasteiger partial charge on any atom is -0.394 e. The zero-order chi connectivity index (χ0) is 11.5. The summed E-state index contributed by atoms with van der Waals surface area (Å²) in [4.78, 5) is 0. The Balaban J connectivity index is 2.02. The molecule has 1 aromatic carbocycles. The Morgan fingerprint density at radius 2 is 2.25 bits per heavy atom. The first-order valence-electron chi connectivity index (χ1n) is 5.50. The van der Waals surface area contributed by atoms with E-state index in [-0.39, 0.29) is 17.7 Å². The number of nitrogens with one attached hydrogen (secondary N) is 1. The lowest BCUT2D eigenvalue weighted by molar-refractivity contribution is 0.243. The largest absolute Gasteiger partial charge is 0.394 e. The second-order valence-electron chi connectivity index (χ2n) is 4.26. The van der Waals surface area contributed by atoms with E-state index in [4.69, 9.17) is 11.6 Å². The monoisotopic (exact) mass is 243 g/mol. The number of halogens is 2. The van der Waals surface area contributed by atoms with Crippen molar-refractivity contribution in [2.24, 2.45) is 5.92 Å². The van der Waals surface area contributed by atoms with E-state index in [0.717, 1.165) is 18.0 Å². The summed E-state index contributed by atoms with van der Waals surface area (Å²) in [6, 6.07) is 4.44. The molecule has 88 valence electrons. The minimum absolute atomic E-state index is 0.0339. The van der Waals surface area contributed by atoms with Crippen LogP contribution in [-0.4, -0.2) is 18.3 Å². The lowest BCUT2D eigenvalue weighted by Gasteiger charge is -2.16. The molecule has 1 aliphatic rings. The van der Waals surface area contributed by atoms with E-state index < -0.39 is 5.82 Å². The predicted molar refractivity (Wildman–Crippen MR) is 62.0 cm³/mol. The van der Waals surface area contributed by atoms with E-state index in [2.05, 4.69) is 5.32 Å². The van der Waals surface area contributed by atoms with E-state index >= 15 is 0 Å². The van der Waals surface area contributed by atoms with E-state index in [0.29, 0.717) is 0 Å². The van der Waals surface area contributed by atoms with Gasteiger partial charge < -0.3 is 10.4 Å². The molecule has 2 rings (SSSR count). The van der Waals surface area contributed by atoms with E-state index in [1.54, 1.807) is 6.07 Å². The van der Waals surface area contributed by atoms with Gasteiger partial charge in [-0.1, -0.05) is 17.7 Å². The third kappa shape index (κ3) is 2.94. The molecule has 0 aromatic heterocycles. The molecule has 2 N–H and O–H groups in total. The lowest BCUT2D eigenvalue weighted by atomic mass is 10.1. The van der Waals surface area contributed by atoms with Gasteiger partial charge in [-0.15, -0.1) is 0 Å². The molecule has 0 saturated heterocycles. The number of aliphatic hydroxyl groups is 1. The predicted octanol–water partition coefficient (Wildman–Crippen LogP) is 2.51. The third-order valence-electron chi connectivity index (χ3n) is 2.88. The van der Waals surface area contributed by atoms with Crippen LogP contribution in [0.25, 0.3) is 0 Å². The Hall–Kier alpha value is -0.640. The van der Waals surface area contributed by atoms with Gasteiger partial charge in [-0.2, -0.15) is 0 Å². The van der Waals surface area contributed by atoms with Crippen molar-refractivity contribution in [2.75, 3.05) is 13.2 Å². The molecule has 1 atom stereocenters. The topological polar surface area (TPSA) is 32.3 Å². The Morgan fingerprint density at radius 1 is 1.50 bits per heavy atom. The van der Waals surface area contributed by atoms with Gasteiger partial charge in [-0.25, -0.2) is 4.39 Å². The van der Waals surface area contributed by atoms with Gasteiger partial charge in [0.25, 0.3) is 0 Å². The summed E-state index contributed by atoms with van der Waals surface area (Å²) >= 11 is 5.61. The highest BCUT2D eigenvalue weighted by Gasteiger charge is 2.22. The molecule has 0 bridgehead atoms. The highest BCUT2D eigenvalue weighted by atomic mass is 35.5. The maximum Gasteiger partial charge on any atom is 0.142 e. The molecule has 0 radical (unpaired) electrons. The molecule has 0 amide bonds. The Kier molecular flexibility index (Phi) is 3.79. The van der Waals surface area contributed by atoms with Gasteiger partial charge in [-0.05, 0) is 43.0 Å². The zero-order valence-electron chi connectivity index (χ0n) is 8.92. The first-order chi connectivity index (χ1) is 7.70. The first-order valence-corrected chi connectivity index (χ1v) is 5.87. The number of hydrogen-bond donors (Lipinski definition) is 2. The number of benzene rings is 1. The van der Waals surface area contributed by atoms with Crippen molar-refractivity contribution in [3.8, 4) is 0 Å². The third-order valence-corrected chi connectivity index (χ3v) is 3.18. The van der Waals surface area contributed by atoms with Crippen LogP contribution in [0, 0.1) is 11.7 Å². The van der Waals surface area contributed by atoms with E-state index in [9.17, 15) is 9.50 Å². The van der Waals surface area contributed by atoms with Crippen molar-refractivity contribution in [3.63, 3.8) is 0 Å². The van der Waals surface area contributed by atoms with Crippen LogP contribution < -0.4 is 5.32 Å². The fourth-order valence-corrected chi connectivity index (χ4v) is 1.77. The second-order valence-corrected chi connectivity index (χ2v) is 4.67. The van der Waals surface area contributed by atoms with Crippen LogP contribution in [0.15, 0.2) is 18.2 Å². The van der Waals surface area contributed by atoms with Crippen LogP contribution in [0.1, 0.15) is 24.4 Å². The highest BCUT2D eigenvalue weighted by Crippen LogP contribution is 2.29. The Labute approximate surface area is 99.4 Å². The standard InChI is InChI=1S/C12H15ClFNO/c13-10-4-3-9(5-11(10)14)12(7-16)15-6-8-1-2-8/h3-5,8,12,15-16H,1-2,6-7H2. The van der Waals surface area contributed by atoms with Gasteiger partial charge in [0.15, 0.2) is 0 Å². The van der Waals surface area contributed by atoms with Crippen molar-refractivity contribution in [1.29, 1.82) is 0 Å². The summed E-state index contributed by atoms with van der Waals surface area (Å²) in [6.45, 7) is 0.850. The van der Waals surface area contributed by atoms with Gasteiger partial charge in [0.1, 0.15) is 5.82 Å².